The van der Waals surface area contributed by atoms with Crippen LogP contribution in [0.25, 0.3) is 0 Å². The van der Waals surface area contributed by atoms with E-state index in [2.05, 4.69) is 34.6 Å². The predicted octanol–water partition coefficient (Wildman–Crippen LogP) is 19.7. The lowest BCUT2D eigenvalue weighted by molar-refractivity contribution is -0.167. The summed E-state index contributed by atoms with van der Waals surface area (Å²) in [5.74, 6) is 0.820. The van der Waals surface area contributed by atoms with E-state index in [1.165, 1.54) is 225 Å². The van der Waals surface area contributed by atoms with E-state index in [1.54, 1.807) is 0 Å². The van der Waals surface area contributed by atoms with Gasteiger partial charge in [0.2, 0.25) is 0 Å². The highest BCUT2D eigenvalue weighted by molar-refractivity contribution is 5.71. The van der Waals surface area contributed by atoms with Crippen molar-refractivity contribution in [3.8, 4) is 0 Å². The van der Waals surface area contributed by atoms with Gasteiger partial charge >= 0.3 is 17.9 Å². The van der Waals surface area contributed by atoms with Crippen molar-refractivity contribution in [2.24, 2.45) is 11.8 Å². The highest BCUT2D eigenvalue weighted by atomic mass is 16.6. The smallest absolute Gasteiger partial charge is 0.306 e. The molecule has 0 bridgehead atoms. The minimum absolute atomic E-state index is 0.0628. The molecule has 6 nitrogen and oxygen atoms in total. The zero-order valence-electron chi connectivity index (χ0n) is 45.3. The van der Waals surface area contributed by atoms with Crippen molar-refractivity contribution in [3.63, 3.8) is 0 Å². The first-order valence-corrected chi connectivity index (χ1v) is 29.7. The number of unbranched alkanes of at least 4 members (excludes halogenated alkanes) is 39. The Balaban J connectivity index is 4.28. The monoisotopic (exact) mass is 933 g/mol. The van der Waals surface area contributed by atoms with Crippen molar-refractivity contribution < 1.29 is 28.6 Å². The van der Waals surface area contributed by atoms with Crippen LogP contribution in [-0.4, -0.2) is 37.2 Å². The van der Waals surface area contributed by atoms with Crippen molar-refractivity contribution in [1.29, 1.82) is 0 Å². The van der Waals surface area contributed by atoms with Gasteiger partial charge in [-0.3, -0.25) is 14.4 Å². The van der Waals surface area contributed by atoms with Crippen LogP contribution in [0.4, 0.5) is 0 Å². The Morgan fingerprint density at radius 1 is 0.288 bits per heavy atom. The number of carbonyl (C=O) groups excluding carboxylic acids is 3. The van der Waals surface area contributed by atoms with Gasteiger partial charge in [-0.05, 0) is 31.1 Å². The fraction of sp³-hybridized carbons (Fsp3) is 0.950. The van der Waals surface area contributed by atoms with Gasteiger partial charge in [0.25, 0.3) is 0 Å². The fourth-order valence-electron chi connectivity index (χ4n) is 9.23. The van der Waals surface area contributed by atoms with E-state index >= 15 is 0 Å². The molecule has 1 atom stereocenters. The summed E-state index contributed by atoms with van der Waals surface area (Å²) in [6.45, 7) is 11.4. The Morgan fingerprint density at radius 2 is 0.500 bits per heavy atom. The molecule has 0 rings (SSSR count). The average Bonchev–Trinajstić information content (AvgIpc) is 3.29. The number of esters is 3. The third-order valence-corrected chi connectivity index (χ3v) is 13.7. The molecule has 66 heavy (non-hydrogen) atoms. The first-order valence-electron chi connectivity index (χ1n) is 29.7. The summed E-state index contributed by atoms with van der Waals surface area (Å²) < 4.78 is 16.9. The number of carbonyl (C=O) groups is 3. The topological polar surface area (TPSA) is 78.9 Å². The molecule has 0 aromatic carbocycles. The minimum Gasteiger partial charge on any atom is -0.462 e. The number of ether oxygens (including phenoxy) is 3. The van der Waals surface area contributed by atoms with Crippen LogP contribution in [0.15, 0.2) is 0 Å². The second kappa shape index (κ2) is 52.8. The first-order chi connectivity index (χ1) is 32.2. The molecule has 6 heteroatoms. The molecule has 0 unspecified atom stereocenters. The van der Waals surface area contributed by atoms with Gasteiger partial charge in [-0.1, -0.05) is 298 Å². The maximum atomic E-state index is 12.9. The number of hydrogen-bond donors (Lipinski definition) is 0. The number of hydrogen-bond acceptors (Lipinski definition) is 6. The van der Waals surface area contributed by atoms with Crippen molar-refractivity contribution in [1.82, 2.24) is 0 Å². The molecule has 0 aromatic heterocycles. The molecule has 0 saturated heterocycles. The van der Waals surface area contributed by atoms with Crippen LogP contribution in [-0.2, 0) is 28.6 Å². The summed E-state index contributed by atoms with van der Waals surface area (Å²) in [7, 11) is 0. The van der Waals surface area contributed by atoms with Gasteiger partial charge in [0, 0.05) is 19.3 Å². The second-order valence-electron chi connectivity index (χ2n) is 21.6. The molecule has 0 saturated carbocycles. The average molecular weight is 934 g/mol. The summed E-state index contributed by atoms with van der Waals surface area (Å²) in [5, 5.41) is 0. The van der Waals surface area contributed by atoms with E-state index < -0.39 is 6.10 Å². The lowest BCUT2D eigenvalue weighted by Gasteiger charge is -2.18. The molecule has 0 aliphatic carbocycles. The fourth-order valence-corrected chi connectivity index (χ4v) is 9.23. The largest absolute Gasteiger partial charge is 0.462 e. The van der Waals surface area contributed by atoms with Crippen molar-refractivity contribution in [2.75, 3.05) is 13.2 Å². The van der Waals surface area contributed by atoms with E-state index in [4.69, 9.17) is 14.2 Å². The Hall–Kier alpha value is -1.59. The zero-order valence-corrected chi connectivity index (χ0v) is 45.3. The predicted molar refractivity (Wildman–Crippen MR) is 284 cm³/mol. The lowest BCUT2D eigenvalue weighted by Crippen LogP contribution is -2.30. The van der Waals surface area contributed by atoms with Crippen LogP contribution < -0.4 is 0 Å². The molecular formula is C60H116O6. The van der Waals surface area contributed by atoms with Crippen molar-refractivity contribution in [2.45, 2.75) is 343 Å². The summed E-state index contributed by atoms with van der Waals surface area (Å²) in [6.07, 6.45) is 56.7. The molecule has 0 radical (unpaired) electrons. The van der Waals surface area contributed by atoms with Crippen molar-refractivity contribution >= 4 is 17.9 Å². The third-order valence-electron chi connectivity index (χ3n) is 13.7. The van der Waals surface area contributed by atoms with Gasteiger partial charge in [-0.15, -0.1) is 0 Å². The maximum absolute atomic E-state index is 12.9. The lowest BCUT2D eigenvalue weighted by atomic mass is 10.0. The molecule has 0 aliphatic heterocycles. The van der Waals surface area contributed by atoms with Gasteiger partial charge in [0.1, 0.15) is 13.2 Å². The summed E-state index contributed by atoms with van der Waals surface area (Å²) in [6, 6.07) is 0. The SMILES string of the molecule is CCCCCCCCCCCCCCCCCCCCCC(=O)O[C@@H](COC(=O)CCCCCCCCCCCCCCCC(C)C)COC(=O)CCCCCCCCCCCCC(C)C. The van der Waals surface area contributed by atoms with Crippen LogP contribution >= 0.6 is 0 Å². The maximum Gasteiger partial charge on any atom is 0.306 e. The molecule has 0 N–H and O–H groups in total. The van der Waals surface area contributed by atoms with Crippen LogP contribution in [0.2, 0.25) is 0 Å². The Labute approximate surface area is 412 Å². The van der Waals surface area contributed by atoms with Gasteiger partial charge in [-0.2, -0.15) is 0 Å². The molecule has 0 fully saturated rings. The van der Waals surface area contributed by atoms with Gasteiger partial charge < -0.3 is 14.2 Å². The first kappa shape index (κ1) is 64.4. The molecular weight excluding hydrogens is 817 g/mol. The Morgan fingerprint density at radius 3 is 0.742 bits per heavy atom. The van der Waals surface area contributed by atoms with Gasteiger partial charge in [0.15, 0.2) is 6.10 Å². The van der Waals surface area contributed by atoms with E-state index in [0.29, 0.717) is 19.3 Å². The summed E-state index contributed by atoms with van der Waals surface area (Å²) in [5.41, 5.74) is 0. The van der Waals surface area contributed by atoms with Crippen LogP contribution in [0.5, 0.6) is 0 Å². The standard InChI is InChI=1S/C60H116O6/c1-6-7-8-9-10-11-12-13-14-15-16-17-18-21-25-32-37-42-47-52-60(63)66-57(54-65-59(62)51-46-41-36-31-27-26-29-34-39-44-49-56(4)5)53-64-58(61)50-45-40-35-30-24-22-19-20-23-28-33-38-43-48-55(2)3/h55-57H,6-54H2,1-5H3/t57-/m0/s1. The summed E-state index contributed by atoms with van der Waals surface area (Å²) in [4.78, 5) is 38.2. The molecule has 0 aromatic rings. The normalized spacial score (nSPS) is 12.0. The van der Waals surface area contributed by atoms with Crippen molar-refractivity contribution in [3.05, 3.63) is 0 Å². The van der Waals surface area contributed by atoms with Crippen LogP contribution in [0, 0.1) is 11.8 Å². The van der Waals surface area contributed by atoms with Crippen LogP contribution in [0.1, 0.15) is 336 Å². The molecule has 392 valence electrons. The van der Waals surface area contributed by atoms with E-state index in [1.807, 2.05) is 0 Å². The van der Waals surface area contributed by atoms with E-state index in [0.717, 1.165) is 69.6 Å². The Bertz CT molecular complexity index is 1010. The Kier molecular flexibility index (Phi) is 51.5. The molecule has 0 aliphatic rings. The van der Waals surface area contributed by atoms with Gasteiger partial charge in [-0.25, -0.2) is 0 Å². The highest BCUT2D eigenvalue weighted by Gasteiger charge is 2.19. The zero-order chi connectivity index (χ0) is 48.2. The van der Waals surface area contributed by atoms with Gasteiger partial charge in [0.05, 0.1) is 0 Å². The van der Waals surface area contributed by atoms with Crippen LogP contribution in [0.3, 0.4) is 0 Å². The molecule has 0 amide bonds. The summed E-state index contributed by atoms with van der Waals surface area (Å²) >= 11 is 0. The third kappa shape index (κ3) is 53.4. The van der Waals surface area contributed by atoms with E-state index in [-0.39, 0.29) is 31.1 Å². The number of rotatable bonds is 54. The minimum atomic E-state index is -0.763. The highest BCUT2D eigenvalue weighted by Crippen LogP contribution is 2.18. The second-order valence-corrected chi connectivity index (χ2v) is 21.6. The quantitative estimate of drug-likeness (QED) is 0.0343. The molecule has 0 spiro atoms. The molecule has 0 heterocycles. The van der Waals surface area contributed by atoms with E-state index in [9.17, 15) is 14.4 Å².